The number of pyridine rings is 1. The summed E-state index contributed by atoms with van der Waals surface area (Å²) in [6.45, 7) is 8.82. The Morgan fingerprint density at radius 3 is 2.66 bits per heavy atom. The molecule has 0 bridgehead atoms. The van der Waals surface area contributed by atoms with E-state index in [2.05, 4.69) is 46.2 Å². The van der Waals surface area contributed by atoms with Crippen molar-refractivity contribution in [3.8, 4) is 11.5 Å². The maximum absolute atomic E-state index is 12.8. The molecule has 0 amide bonds. The monoisotopic (exact) mass is 442 g/mol. The molecule has 10 heteroatoms. The number of nitrogens with zero attached hydrogens (tertiary/aromatic N) is 5. The lowest BCUT2D eigenvalue weighted by atomic mass is 10.0. The summed E-state index contributed by atoms with van der Waals surface area (Å²) >= 11 is 0. The zero-order valence-corrected chi connectivity index (χ0v) is 18.8. The number of H-pyrrole nitrogens is 1. The smallest absolute Gasteiger partial charge is 0.252 e. The van der Waals surface area contributed by atoms with Crippen LogP contribution in [0.3, 0.4) is 0 Å². The van der Waals surface area contributed by atoms with Crippen LogP contribution in [0.15, 0.2) is 23.0 Å². The highest BCUT2D eigenvalue weighted by Crippen LogP contribution is 2.33. The molecule has 3 aromatic rings. The molecule has 1 aliphatic rings. The summed E-state index contributed by atoms with van der Waals surface area (Å²) in [5, 5.41) is 22.5. The fourth-order valence-electron chi connectivity index (χ4n) is 3.78. The number of nitrogens with one attached hydrogen (secondary N) is 1. The quantitative estimate of drug-likeness (QED) is 0.515. The lowest BCUT2D eigenvalue weighted by molar-refractivity contribution is 0.172. The molecular weight excluding hydrogens is 412 g/mol. The summed E-state index contributed by atoms with van der Waals surface area (Å²) in [6, 6.07) is 5.59. The first-order valence-corrected chi connectivity index (χ1v) is 11.0. The van der Waals surface area contributed by atoms with Crippen LogP contribution in [0.5, 0.6) is 11.5 Å². The van der Waals surface area contributed by atoms with E-state index in [4.69, 9.17) is 9.47 Å². The van der Waals surface area contributed by atoms with Crippen molar-refractivity contribution in [3.05, 3.63) is 39.9 Å². The molecule has 172 valence electrons. The first-order chi connectivity index (χ1) is 15.4. The second-order valence-electron chi connectivity index (χ2n) is 8.67. The lowest BCUT2D eigenvalue weighted by Gasteiger charge is -2.26. The standard InChI is InChI=1S/C22H30N6O4/c1-4-22(2,3)28-20(24-25-26-28)14-27(6-5-7-29)13-16-10-15-11-18-19(32-9-8-31-18)12-17(15)23-21(16)30/h10-12,29H,4-9,13-14H2,1-3H3,(H,23,30). The van der Waals surface area contributed by atoms with Gasteiger partial charge in [-0.3, -0.25) is 9.69 Å². The highest BCUT2D eigenvalue weighted by atomic mass is 16.6. The van der Waals surface area contributed by atoms with Crippen LogP contribution in [0, 0.1) is 0 Å². The number of rotatable bonds is 9. The maximum atomic E-state index is 12.8. The van der Waals surface area contributed by atoms with Gasteiger partial charge in [-0.1, -0.05) is 6.92 Å². The van der Waals surface area contributed by atoms with E-state index in [1.54, 1.807) is 6.07 Å². The summed E-state index contributed by atoms with van der Waals surface area (Å²) in [6.07, 6.45) is 1.46. The van der Waals surface area contributed by atoms with Crippen molar-refractivity contribution in [1.82, 2.24) is 30.1 Å². The molecule has 0 saturated heterocycles. The summed E-state index contributed by atoms with van der Waals surface area (Å²) < 4.78 is 13.1. The van der Waals surface area contributed by atoms with Crippen LogP contribution in [0.4, 0.5) is 0 Å². The molecule has 2 aromatic heterocycles. The predicted octanol–water partition coefficient (Wildman–Crippen LogP) is 1.82. The first kappa shape index (κ1) is 22.2. The van der Waals surface area contributed by atoms with Gasteiger partial charge in [0.25, 0.3) is 5.56 Å². The topological polar surface area (TPSA) is 118 Å². The van der Waals surface area contributed by atoms with Gasteiger partial charge in [0, 0.05) is 36.7 Å². The molecule has 0 fully saturated rings. The number of hydrogen-bond acceptors (Lipinski definition) is 8. The minimum absolute atomic E-state index is 0.0689. The number of ether oxygens (including phenoxy) is 2. The molecule has 1 aromatic carbocycles. The SMILES string of the molecule is CCC(C)(C)n1nnnc1CN(CCCO)Cc1cc2cc3c(cc2[nH]c1=O)OCCO3. The maximum Gasteiger partial charge on any atom is 0.252 e. The van der Waals surface area contributed by atoms with Crippen LogP contribution in [0.25, 0.3) is 10.9 Å². The van der Waals surface area contributed by atoms with Crippen LogP contribution >= 0.6 is 0 Å². The van der Waals surface area contributed by atoms with E-state index in [-0.39, 0.29) is 17.7 Å². The van der Waals surface area contributed by atoms with Crippen molar-refractivity contribution in [2.24, 2.45) is 0 Å². The van der Waals surface area contributed by atoms with Crippen LogP contribution < -0.4 is 15.0 Å². The Labute approximate surface area is 186 Å². The summed E-state index contributed by atoms with van der Waals surface area (Å²) in [5.41, 5.74) is 0.958. The number of aliphatic hydroxyl groups is 1. The Hall–Kier alpha value is -2.98. The van der Waals surface area contributed by atoms with Gasteiger partial charge in [0.2, 0.25) is 0 Å². The zero-order valence-electron chi connectivity index (χ0n) is 18.8. The van der Waals surface area contributed by atoms with Crippen LogP contribution in [-0.2, 0) is 18.6 Å². The van der Waals surface area contributed by atoms with Crippen LogP contribution in [0.1, 0.15) is 45.0 Å². The van der Waals surface area contributed by atoms with Gasteiger partial charge in [-0.15, -0.1) is 5.10 Å². The number of aromatic amines is 1. The third-order valence-corrected chi connectivity index (χ3v) is 5.95. The molecular formula is C22H30N6O4. The van der Waals surface area contributed by atoms with Gasteiger partial charge in [0.15, 0.2) is 17.3 Å². The van der Waals surface area contributed by atoms with E-state index in [1.807, 2.05) is 16.8 Å². The minimum atomic E-state index is -0.219. The number of tetrazole rings is 1. The van der Waals surface area contributed by atoms with Crippen molar-refractivity contribution in [2.45, 2.75) is 52.2 Å². The molecule has 0 unspecified atom stereocenters. The van der Waals surface area contributed by atoms with Gasteiger partial charge in [-0.25, -0.2) is 4.68 Å². The average Bonchev–Trinajstić information content (AvgIpc) is 3.25. The number of fused-ring (bicyclic) bond motifs is 2. The van der Waals surface area contributed by atoms with Crippen molar-refractivity contribution < 1.29 is 14.6 Å². The number of aromatic nitrogens is 5. The van der Waals surface area contributed by atoms with Gasteiger partial charge in [-0.2, -0.15) is 0 Å². The van der Waals surface area contributed by atoms with Gasteiger partial charge < -0.3 is 19.6 Å². The van der Waals surface area contributed by atoms with Crippen LogP contribution in [-0.4, -0.2) is 61.6 Å². The molecule has 32 heavy (non-hydrogen) atoms. The number of benzene rings is 1. The molecule has 2 N–H and O–H groups in total. The summed E-state index contributed by atoms with van der Waals surface area (Å²) in [7, 11) is 0. The van der Waals surface area contributed by atoms with Crippen LogP contribution in [0.2, 0.25) is 0 Å². The Kier molecular flexibility index (Phi) is 6.43. The third-order valence-electron chi connectivity index (χ3n) is 5.95. The summed E-state index contributed by atoms with van der Waals surface area (Å²) in [4.78, 5) is 17.9. The third kappa shape index (κ3) is 4.61. The van der Waals surface area contributed by atoms with Gasteiger partial charge >= 0.3 is 0 Å². The molecule has 4 rings (SSSR count). The van der Waals surface area contributed by atoms with E-state index in [1.165, 1.54) is 0 Å². The van der Waals surface area contributed by atoms with Gasteiger partial charge in [-0.05, 0) is 49.2 Å². The van der Waals surface area contributed by atoms with Gasteiger partial charge in [0.05, 0.1) is 17.6 Å². The second kappa shape index (κ2) is 9.25. The molecule has 3 heterocycles. The van der Waals surface area contributed by atoms with Crippen molar-refractivity contribution in [2.75, 3.05) is 26.4 Å². The molecule has 0 atom stereocenters. The first-order valence-electron chi connectivity index (χ1n) is 11.0. The highest BCUT2D eigenvalue weighted by molar-refractivity contribution is 5.83. The molecule has 0 aliphatic carbocycles. The van der Waals surface area contributed by atoms with E-state index >= 15 is 0 Å². The zero-order chi connectivity index (χ0) is 22.7. The average molecular weight is 443 g/mol. The number of hydrogen-bond donors (Lipinski definition) is 2. The molecule has 0 radical (unpaired) electrons. The Morgan fingerprint density at radius 1 is 1.19 bits per heavy atom. The van der Waals surface area contributed by atoms with E-state index < -0.39 is 0 Å². The Bertz CT molecular complexity index is 1140. The lowest BCUT2D eigenvalue weighted by Crippen LogP contribution is -2.33. The molecule has 0 spiro atoms. The Balaban J connectivity index is 1.62. The molecule has 1 aliphatic heterocycles. The predicted molar refractivity (Wildman–Crippen MR) is 119 cm³/mol. The largest absolute Gasteiger partial charge is 0.486 e. The summed E-state index contributed by atoms with van der Waals surface area (Å²) in [5.74, 6) is 2.05. The van der Waals surface area contributed by atoms with Gasteiger partial charge in [0.1, 0.15) is 13.2 Å². The minimum Gasteiger partial charge on any atom is -0.486 e. The fourth-order valence-corrected chi connectivity index (χ4v) is 3.78. The second-order valence-corrected chi connectivity index (χ2v) is 8.67. The Morgan fingerprint density at radius 2 is 1.94 bits per heavy atom. The van der Waals surface area contributed by atoms with E-state index in [9.17, 15) is 9.90 Å². The van der Waals surface area contributed by atoms with E-state index in [0.29, 0.717) is 61.8 Å². The molecule has 10 nitrogen and oxygen atoms in total. The number of aliphatic hydroxyl groups excluding tert-OH is 1. The normalized spacial score (nSPS) is 13.8. The van der Waals surface area contributed by atoms with Crippen molar-refractivity contribution >= 4 is 10.9 Å². The van der Waals surface area contributed by atoms with Crippen molar-refractivity contribution in [1.29, 1.82) is 0 Å². The van der Waals surface area contributed by atoms with Crippen molar-refractivity contribution in [3.63, 3.8) is 0 Å². The molecule has 0 saturated carbocycles. The van der Waals surface area contributed by atoms with E-state index in [0.717, 1.165) is 17.6 Å². The fraction of sp³-hybridized carbons (Fsp3) is 0.545. The highest BCUT2D eigenvalue weighted by Gasteiger charge is 2.24.